The molecule has 7 heteroatoms. The first-order valence-electron chi connectivity index (χ1n) is 10.0. The number of carbonyl (C=O) groups is 1. The first-order chi connectivity index (χ1) is 15.2. The Labute approximate surface area is 192 Å². The molecule has 1 amide bonds. The van der Waals surface area contributed by atoms with Gasteiger partial charge < -0.3 is 11.1 Å². The summed E-state index contributed by atoms with van der Waals surface area (Å²) in [6.07, 6.45) is 0. The summed E-state index contributed by atoms with van der Waals surface area (Å²) in [6.45, 7) is 7.69. The highest BCUT2D eigenvalue weighted by molar-refractivity contribution is 8.00. The van der Waals surface area contributed by atoms with E-state index in [0.29, 0.717) is 21.8 Å². The summed E-state index contributed by atoms with van der Waals surface area (Å²) in [5.41, 5.74) is 11.6. The van der Waals surface area contributed by atoms with Crippen molar-refractivity contribution >= 4 is 29.2 Å². The Bertz CT molecular complexity index is 1270. The summed E-state index contributed by atoms with van der Waals surface area (Å²) in [6, 6.07) is 17.4. The standard InChI is InChI=1S/C25H23N5OS/c1-14-5-8-18(9-6-14)22-20(12-26)23(28)30-25(21(22)13-27)32-17(4)24(31)29-19-10-7-15(2)16(3)11-19/h5-11,17H,1-4H3,(H2,28,30)(H,29,31). The average Bonchev–Trinajstić information content (AvgIpc) is 2.76. The summed E-state index contributed by atoms with van der Waals surface area (Å²) in [5, 5.41) is 22.2. The third kappa shape index (κ3) is 4.74. The molecule has 1 aromatic heterocycles. The van der Waals surface area contributed by atoms with Crippen molar-refractivity contribution in [2.75, 3.05) is 11.1 Å². The molecular formula is C25H23N5OS. The molecule has 0 aliphatic carbocycles. The summed E-state index contributed by atoms with van der Waals surface area (Å²) in [7, 11) is 0. The van der Waals surface area contributed by atoms with Crippen LogP contribution in [-0.4, -0.2) is 16.1 Å². The van der Waals surface area contributed by atoms with Crippen molar-refractivity contribution in [1.82, 2.24) is 4.98 Å². The second-order valence-corrected chi connectivity index (χ2v) is 8.89. The Balaban J connectivity index is 1.96. The SMILES string of the molecule is Cc1ccc(-c2c(C#N)c(N)nc(SC(C)C(=O)Nc3ccc(C)c(C)c3)c2C#N)cc1. The second-order valence-electron chi connectivity index (χ2n) is 7.57. The maximum Gasteiger partial charge on any atom is 0.237 e. The van der Waals surface area contributed by atoms with Gasteiger partial charge in [-0.1, -0.05) is 47.7 Å². The van der Waals surface area contributed by atoms with Gasteiger partial charge in [0.1, 0.15) is 28.5 Å². The molecule has 0 spiro atoms. The van der Waals surface area contributed by atoms with E-state index in [4.69, 9.17) is 5.73 Å². The number of carbonyl (C=O) groups excluding carboxylic acids is 1. The summed E-state index contributed by atoms with van der Waals surface area (Å²) >= 11 is 1.14. The number of nitriles is 2. The first kappa shape index (κ1) is 22.9. The van der Waals surface area contributed by atoms with Gasteiger partial charge in [-0.2, -0.15) is 10.5 Å². The molecule has 0 fully saturated rings. The Kier molecular flexibility index (Phi) is 6.82. The van der Waals surface area contributed by atoms with Gasteiger partial charge >= 0.3 is 0 Å². The molecule has 3 N–H and O–H groups in total. The largest absolute Gasteiger partial charge is 0.383 e. The van der Waals surface area contributed by atoms with Crippen LogP contribution in [0, 0.1) is 43.4 Å². The van der Waals surface area contributed by atoms with Gasteiger partial charge in [0.2, 0.25) is 5.91 Å². The number of aromatic nitrogens is 1. The predicted octanol–water partition coefficient (Wildman–Crippen LogP) is 5.12. The van der Waals surface area contributed by atoms with Crippen LogP contribution < -0.4 is 11.1 Å². The van der Waals surface area contributed by atoms with Crippen LogP contribution in [0.5, 0.6) is 0 Å². The minimum absolute atomic E-state index is 0.0337. The maximum absolute atomic E-state index is 12.8. The summed E-state index contributed by atoms with van der Waals surface area (Å²) in [5.74, 6) is -0.185. The molecule has 0 saturated heterocycles. The van der Waals surface area contributed by atoms with Crippen LogP contribution in [0.4, 0.5) is 11.5 Å². The van der Waals surface area contributed by atoms with Crippen molar-refractivity contribution < 1.29 is 4.79 Å². The smallest absolute Gasteiger partial charge is 0.237 e. The van der Waals surface area contributed by atoms with Crippen LogP contribution in [0.15, 0.2) is 47.5 Å². The fraction of sp³-hybridized carbons (Fsp3) is 0.200. The topological polar surface area (TPSA) is 116 Å². The summed E-state index contributed by atoms with van der Waals surface area (Å²) < 4.78 is 0. The number of amides is 1. The lowest BCUT2D eigenvalue weighted by Gasteiger charge is -2.16. The Morgan fingerprint density at radius 2 is 1.69 bits per heavy atom. The number of pyridine rings is 1. The minimum atomic E-state index is -0.547. The molecule has 2 aromatic carbocycles. The third-order valence-electron chi connectivity index (χ3n) is 5.19. The maximum atomic E-state index is 12.8. The van der Waals surface area contributed by atoms with E-state index in [1.54, 1.807) is 6.92 Å². The molecule has 3 aromatic rings. The summed E-state index contributed by atoms with van der Waals surface area (Å²) in [4.78, 5) is 17.1. The van der Waals surface area contributed by atoms with Crippen molar-refractivity contribution in [3.05, 3.63) is 70.3 Å². The first-order valence-corrected chi connectivity index (χ1v) is 10.9. The Morgan fingerprint density at radius 1 is 1.03 bits per heavy atom. The molecule has 0 radical (unpaired) electrons. The highest BCUT2D eigenvalue weighted by Crippen LogP contribution is 2.37. The zero-order valence-electron chi connectivity index (χ0n) is 18.4. The molecule has 32 heavy (non-hydrogen) atoms. The molecule has 0 aliphatic heterocycles. The van der Waals surface area contributed by atoms with Crippen LogP contribution in [0.25, 0.3) is 11.1 Å². The van der Waals surface area contributed by atoms with E-state index >= 15 is 0 Å². The van der Waals surface area contributed by atoms with Crippen LogP contribution in [0.1, 0.15) is 34.7 Å². The normalized spacial score (nSPS) is 11.3. The third-order valence-corrected chi connectivity index (χ3v) is 6.27. The van der Waals surface area contributed by atoms with E-state index in [1.165, 1.54) is 0 Å². The number of thioether (sulfide) groups is 1. The fourth-order valence-corrected chi connectivity index (χ4v) is 4.09. The number of anilines is 2. The van der Waals surface area contributed by atoms with Gasteiger partial charge in [0.25, 0.3) is 0 Å². The van der Waals surface area contributed by atoms with E-state index in [2.05, 4.69) is 22.4 Å². The quantitative estimate of drug-likeness (QED) is 0.531. The predicted molar refractivity (Wildman–Crippen MR) is 128 cm³/mol. The van der Waals surface area contributed by atoms with Gasteiger partial charge in [-0.25, -0.2) is 4.98 Å². The van der Waals surface area contributed by atoms with Crippen molar-refractivity contribution in [3.8, 4) is 23.3 Å². The lowest BCUT2D eigenvalue weighted by molar-refractivity contribution is -0.115. The van der Waals surface area contributed by atoms with E-state index in [9.17, 15) is 15.3 Å². The molecule has 6 nitrogen and oxygen atoms in total. The number of nitrogens with zero attached hydrogens (tertiary/aromatic N) is 3. The molecule has 1 heterocycles. The number of hydrogen-bond acceptors (Lipinski definition) is 6. The van der Waals surface area contributed by atoms with Gasteiger partial charge in [-0.05, 0) is 56.5 Å². The van der Waals surface area contributed by atoms with E-state index in [0.717, 1.165) is 28.5 Å². The van der Waals surface area contributed by atoms with Crippen molar-refractivity contribution in [2.45, 2.75) is 38.0 Å². The molecule has 0 aliphatic rings. The average molecular weight is 442 g/mol. The minimum Gasteiger partial charge on any atom is -0.383 e. The number of nitrogen functional groups attached to an aromatic ring is 1. The number of nitrogens with one attached hydrogen (secondary N) is 1. The van der Waals surface area contributed by atoms with E-state index in [1.807, 2.05) is 63.2 Å². The highest BCUT2D eigenvalue weighted by Gasteiger charge is 2.24. The molecule has 3 rings (SSSR count). The number of nitrogens with two attached hydrogens (primary N) is 1. The van der Waals surface area contributed by atoms with Gasteiger partial charge in [0.05, 0.1) is 10.8 Å². The second kappa shape index (κ2) is 9.55. The molecule has 0 saturated carbocycles. The van der Waals surface area contributed by atoms with Crippen LogP contribution >= 0.6 is 11.8 Å². The van der Waals surface area contributed by atoms with Crippen LogP contribution in [0.3, 0.4) is 0 Å². The zero-order valence-corrected chi connectivity index (χ0v) is 19.2. The van der Waals surface area contributed by atoms with Gasteiger partial charge in [0, 0.05) is 11.3 Å². The van der Waals surface area contributed by atoms with Crippen LogP contribution in [0.2, 0.25) is 0 Å². The number of hydrogen-bond donors (Lipinski definition) is 2. The zero-order chi connectivity index (χ0) is 23.4. The van der Waals surface area contributed by atoms with Crippen molar-refractivity contribution in [2.24, 2.45) is 0 Å². The van der Waals surface area contributed by atoms with Crippen LogP contribution in [-0.2, 0) is 4.79 Å². The van der Waals surface area contributed by atoms with Gasteiger partial charge in [-0.3, -0.25) is 4.79 Å². The molecule has 0 bridgehead atoms. The molecule has 1 atom stereocenters. The number of benzene rings is 2. The lowest BCUT2D eigenvalue weighted by Crippen LogP contribution is -2.23. The van der Waals surface area contributed by atoms with Crippen molar-refractivity contribution in [3.63, 3.8) is 0 Å². The fourth-order valence-electron chi connectivity index (χ4n) is 3.18. The molecule has 160 valence electrons. The van der Waals surface area contributed by atoms with E-state index < -0.39 is 5.25 Å². The number of rotatable bonds is 5. The lowest BCUT2D eigenvalue weighted by atomic mass is 9.96. The van der Waals surface area contributed by atoms with Gasteiger partial charge in [0.15, 0.2) is 0 Å². The van der Waals surface area contributed by atoms with Crippen molar-refractivity contribution in [1.29, 1.82) is 10.5 Å². The van der Waals surface area contributed by atoms with E-state index in [-0.39, 0.29) is 22.9 Å². The molecular weight excluding hydrogens is 418 g/mol. The Morgan fingerprint density at radius 3 is 2.28 bits per heavy atom. The number of aryl methyl sites for hydroxylation is 3. The van der Waals surface area contributed by atoms with Gasteiger partial charge in [-0.15, -0.1) is 0 Å². The highest BCUT2D eigenvalue weighted by atomic mass is 32.2. The Hall–Kier alpha value is -3.81. The monoisotopic (exact) mass is 441 g/mol. The molecule has 1 unspecified atom stereocenters.